The van der Waals surface area contributed by atoms with E-state index in [-0.39, 0.29) is 11.2 Å². The predicted octanol–water partition coefficient (Wildman–Crippen LogP) is 1.76. The molecule has 0 aliphatic carbocycles. The Morgan fingerprint density at radius 1 is 1.16 bits per heavy atom. The molecule has 0 atom stereocenters. The lowest BCUT2D eigenvalue weighted by molar-refractivity contribution is 0.00578. The third-order valence-corrected chi connectivity index (χ3v) is 3.86. The summed E-state index contributed by atoms with van der Waals surface area (Å²) >= 11 is 0. The van der Waals surface area contributed by atoms with E-state index in [0.717, 1.165) is 5.46 Å². The molecule has 19 heavy (non-hydrogen) atoms. The van der Waals surface area contributed by atoms with Crippen molar-refractivity contribution in [3.8, 4) is 5.88 Å². The van der Waals surface area contributed by atoms with Gasteiger partial charge in [-0.1, -0.05) is 0 Å². The summed E-state index contributed by atoms with van der Waals surface area (Å²) in [5, 5.41) is 4.26. The topological polar surface area (TPSA) is 49.4 Å². The molecule has 1 aliphatic heterocycles. The van der Waals surface area contributed by atoms with Crippen LogP contribution in [0.15, 0.2) is 35.2 Å². The summed E-state index contributed by atoms with van der Waals surface area (Å²) in [5.74, 6) is 0.669. The van der Waals surface area contributed by atoms with Crippen molar-refractivity contribution in [1.29, 1.82) is 0 Å². The van der Waals surface area contributed by atoms with Crippen LogP contribution >= 0.6 is 0 Å². The molecule has 0 unspecified atom stereocenters. The average Bonchev–Trinajstić information content (AvgIpc) is 3.00. The van der Waals surface area contributed by atoms with Crippen molar-refractivity contribution in [3.05, 3.63) is 30.8 Å². The molecule has 5 nitrogen and oxygen atoms in total. The fourth-order valence-electron chi connectivity index (χ4n) is 1.96. The van der Waals surface area contributed by atoms with E-state index >= 15 is 0 Å². The minimum absolute atomic E-state index is 0.343. The number of hydrogen-bond acceptors (Lipinski definition) is 4. The van der Waals surface area contributed by atoms with Gasteiger partial charge in [-0.05, 0) is 33.8 Å². The van der Waals surface area contributed by atoms with E-state index in [9.17, 15) is 0 Å². The van der Waals surface area contributed by atoms with Gasteiger partial charge in [0.05, 0.1) is 17.5 Å². The monoisotopic (exact) mass is 260 g/mol. The first-order chi connectivity index (χ1) is 8.89. The van der Waals surface area contributed by atoms with E-state index in [2.05, 4.69) is 5.10 Å². The molecule has 6 heteroatoms. The van der Waals surface area contributed by atoms with Crippen molar-refractivity contribution in [2.45, 2.75) is 38.9 Å². The van der Waals surface area contributed by atoms with Crippen molar-refractivity contribution in [1.82, 2.24) is 9.78 Å². The minimum atomic E-state index is -0.395. The first-order valence-electron chi connectivity index (χ1n) is 6.33. The molecule has 1 saturated heterocycles. The molecule has 0 amide bonds. The predicted molar refractivity (Wildman–Crippen MR) is 71.5 cm³/mol. The smallest absolute Gasteiger partial charge is 0.447 e. The zero-order chi connectivity index (χ0) is 13.7. The molecule has 0 aromatic carbocycles. The van der Waals surface area contributed by atoms with Crippen LogP contribution in [0, 0.1) is 0 Å². The molecule has 3 rings (SSSR count). The summed E-state index contributed by atoms with van der Waals surface area (Å²) in [6, 6.07) is 3.67. The zero-order valence-corrected chi connectivity index (χ0v) is 11.6. The Bertz CT molecular complexity index is 558. The van der Waals surface area contributed by atoms with Gasteiger partial charge in [-0.3, -0.25) is 0 Å². The molecule has 1 fully saturated rings. The second-order valence-corrected chi connectivity index (χ2v) is 5.76. The largest absolute Gasteiger partial charge is 0.498 e. The maximum atomic E-state index is 5.97. The first kappa shape index (κ1) is 12.5. The van der Waals surface area contributed by atoms with Crippen molar-refractivity contribution in [3.63, 3.8) is 0 Å². The highest BCUT2D eigenvalue weighted by molar-refractivity contribution is 6.62. The van der Waals surface area contributed by atoms with Crippen LogP contribution in [0.3, 0.4) is 0 Å². The summed E-state index contributed by atoms with van der Waals surface area (Å²) < 4.78 is 18.9. The van der Waals surface area contributed by atoms with Crippen LogP contribution in [0.5, 0.6) is 0 Å². The standard InChI is InChI=1S/C13H17BN2O3/c1-12(2)13(3,4)19-14(18-12)10-8-15-16(9-10)11-6-5-7-17-11/h5-9H,1-4H3. The highest BCUT2D eigenvalue weighted by atomic mass is 16.7. The maximum absolute atomic E-state index is 5.97. The Morgan fingerprint density at radius 2 is 1.84 bits per heavy atom. The molecule has 2 aromatic rings. The molecule has 0 N–H and O–H groups in total. The summed E-state index contributed by atoms with van der Waals surface area (Å²) in [5.41, 5.74) is 0.199. The first-order valence-corrected chi connectivity index (χ1v) is 6.33. The van der Waals surface area contributed by atoms with Gasteiger partial charge >= 0.3 is 7.12 Å². The van der Waals surface area contributed by atoms with Gasteiger partial charge in [-0.15, -0.1) is 0 Å². The normalized spacial score (nSPS) is 20.9. The van der Waals surface area contributed by atoms with Gasteiger partial charge in [0.2, 0.25) is 5.88 Å². The van der Waals surface area contributed by atoms with E-state index in [1.54, 1.807) is 17.1 Å². The number of hydrogen-bond donors (Lipinski definition) is 0. The van der Waals surface area contributed by atoms with E-state index in [1.807, 2.05) is 46.0 Å². The molecular formula is C13H17BN2O3. The fraction of sp³-hybridized carbons (Fsp3) is 0.462. The average molecular weight is 260 g/mol. The van der Waals surface area contributed by atoms with E-state index in [0.29, 0.717) is 5.88 Å². The van der Waals surface area contributed by atoms with Gasteiger partial charge in [0.25, 0.3) is 0 Å². The molecular weight excluding hydrogens is 243 g/mol. The van der Waals surface area contributed by atoms with Crippen LogP contribution in [0.4, 0.5) is 0 Å². The third kappa shape index (κ3) is 2.01. The maximum Gasteiger partial charge on any atom is 0.498 e. The molecule has 0 saturated carbocycles. The second kappa shape index (κ2) is 3.98. The van der Waals surface area contributed by atoms with Crippen molar-refractivity contribution in [2.24, 2.45) is 0 Å². The van der Waals surface area contributed by atoms with Crippen LogP contribution in [-0.4, -0.2) is 28.1 Å². The van der Waals surface area contributed by atoms with Crippen LogP contribution in [0.2, 0.25) is 0 Å². The molecule has 1 aliphatic rings. The molecule has 0 bridgehead atoms. The highest BCUT2D eigenvalue weighted by Crippen LogP contribution is 2.36. The molecule has 2 aromatic heterocycles. The lowest BCUT2D eigenvalue weighted by Crippen LogP contribution is -2.41. The number of furan rings is 1. The van der Waals surface area contributed by atoms with Crippen molar-refractivity contribution >= 4 is 12.6 Å². The van der Waals surface area contributed by atoms with Crippen LogP contribution in [-0.2, 0) is 9.31 Å². The van der Waals surface area contributed by atoms with Gasteiger partial charge in [0.15, 0.2) is 0 Å². The van der Waals surface area contributed by atoms with Gasteiger partial charge in [-0.25, -0.2) is 4.68 Å². The van der Waals surface area contributed by atoms with Gasteiger partial charge in [0, 0.05) is 23.9 Å². The summed E-state index contributed by atoms with van der Waals surface area (Å²) in [6.45, 7) is 8.13. The van der Waals surface area contributed by atoms with Crippen molar-refractivity contribution < 1.29 is 13.7 Å². The van der Waals surface area contributed by atoms with E-state index < -0.39 is 7.12 Å². The summed E-state index contributed by atoms with van der Waals surface area (Å²) in [4.78, 5) is 0. The molecule has 3 heterocycles. The SMILES string of the molecule is CC1(C)OB(c2cnn(-c3ccco3)c2)OC1(C)C. The Kier molecular flexibility index (Phi) is 2.62. The Balaban J connectivity index is 1.85. The zero-order valence-electron chi connectivity index (χ0n) is 11.6. The van der Waals surface area contributed by atoms with E-state index in [1.165, 1.54) is 0 Å². The molecule has 100 valence electrons. The molecule has 0 radical (unpaired) electrons. The Hall–Kier alpha value is -1.53. The third-order valence-electron chi connectivity index (χ3n) is 3.86. The van der Waals surface area contributed by atoms with Crippen molar-refractivity contribution in [2.75, 3.05) is 0 Å². The quantitative estimate of drug-likeness (QED) is 0.772. The minimum Gasteiger partial charge on any atom is -0.447 e. The lowest BCUT2D eigenvalue weighted by atomic mass is 9.82. The Morgan fingerprint density at radius 3 is 2.42 bits per heavy atom. The van der Waals surface area contributed by atoms with Crippen LogP contribution in [0.25, 0.3) is 5.88 Å². The van der Waals surface area contributed by atoms with Crippen LogP contribution < -0.4 is 5.46 Å². The lowest BCUT2D eigenvalue weighted by Gasteiger charge is -2.32. The highest BCUT2D eigenvalue weighted by Gasteiger charge is 2.52. The second-order valence-electron chi connectivity index (χ2n) is 5.76. The number of nitrogens with zero attached hydrogens (tertiary/aromatic N) is 2. The fourth-order valence-corrected chi connectivity index (χ4v) is 1.96. The number of aromatic nitrogens is 2. The van der Waals surface area contributed by atoms with Crippen LogP contribution in [0.1, 0.15) is 27.7 Å². The number of rotatable bonds is 2. The van der Waals surface area contributed by atoms with Gasteiger partial charge in [-0.2, -0.15) is 5.10 Å². The summed E-state index contributed by atoms with van der Waals surface area (Å²) in [7, 11) is -0.395. The van der Waals surface area contributed by atoms with Gasteiger partial charge in [0.1, 0.15) is 0 Å². The molecule has 0 spiro atoms. The van der Waals surface area contributed by atoms with Gasteiger partial charge < -0.3 is 13.7 Å². The summed E-state index contributed by atoms with van der Waals surface area (Å²) in [6.07, 6.45) is 5.22. The van der Waals surface area contributed by atoms with E-state index in [4.69, 9.17) is 13.7 Å². The Labute approximate surface area is 112 Å².